The van der Waals surface area contributed by atoms with Crippen molar-refractivity contribution in [3.05, 3.63) is 22.1 Å². The summed E-state index contributed by atoms with van der Waals surface area (Å²) < 4.78 is 25.4. The quantitative estimate of drug-likeness (QED) is 0.618. The van der Waals surface area contributed by atoms with Gasteiger partial charge in [-0.1, -0.05) is 11.8 Å². The number of rotatable bonds is 4. The molecular weight excluding hydrogens is 416 g/mol. The molecule has 2 N–H and O–H groups in total. The van der Waals surface area contributed by atoms with Crippen molar-refractivity contribution in [2.75, 3.05) is 17.2 Å². The van der Waals surface area contributed by atoms with Crippen molar-refractivity contribution in [3.8, 4) is 0 Å². The molecule has 4 heterocycles. The maximum absolute atomic E-state index is 11.8. The first-order valence-electron chi connectivity index (χ1n) is 8.95. The molecule has 0 aliphatic carbocycles. The average molecular weight is 439 g/mol. The van der Waals surface area contributed by atoms with Crippen LogP contribution in [-0.4, -0.2) is 44.7 Å². The maximum Gasteiger partial charge on any atom is 0.191 e. The zero-order valence-electron chi connectivity index (χ0n) is 16.1. The Labute approximate surface area is 171 Å². The third kappa shape index (κ3) is 3.39. The molecule has 0 aromatic carbocycles. The van der Waals surface area contributed by atoms with Crippen LogP contribution in [0.25, 0.3) is 10.2 Å². The monoisotopic (exact) mass is 438 g/mol. The standard InChI is InChI=1S/C17H22N6O2S3/c1-8-9(2)26-16-12(8)13(18)19-14(20-16)10(3)27-17-22-21-15(23(17)4)11-5-6-28(24,25)7-11/h10-11H,5-7H2,1-4H3,(H2,18,19,20). The zero-order chi connectivity index (χ0) is 20.2. The molecule has 3 aromatic rings. The molecule has 1 aliphatic rings. The molecule has 150 valence electrons. The molecule has 0 saturated carbocycles. The van der Waals surface area contributed by atoms with Crippen LogP contribution in [0, 0.1) is 13.8 Å². The topological polar surface area (TPSA) is 117 Å². The van der Waals surface area contributed by atoms with Crippen LogP contribution in [0.3, 0.4) is 0 Å². The molecule has 1 aliphatic heterocycles. The van der Waals surface area contributed by atoms with Crippen LogP contribution in [0.15, 0.2) is 5.16 Å². The summed E-state index contributed by atoms with van der Waals surface area (Å²) in [6, 6.07) is 0. The fourth-order valence-corrected chi connectivity index (χ4v) is 7.12. The zero-order valence-corrected chi connectivity index (χ0v) is 18.6. The number of nitrogens with two attached hydrogens (primary N) is 1. The summed E-state index contributed by atoms with van der Waals surface area (Å²) in [5.74, 6) is 2.15. The maximum atomic E-state index is 11.8. The van der Waals surface area contributed by atoms with Crippen molar-refractivity contribution in [2.24, 2.45) is 7.05 Å². The number of hydrogen-bond acceptors (Lipinski definition) is 9. The molecule has 3 aromatic heterocycles. The SMILES string of the molecule is Cc1sc2nc(C(C)Sc3nnc(C4CCS(=O)(=O)C4)n3C)nc(N)c2c1C. The first-order valence-corrected chi connectivity index (χ1v) is 12.5. The van der Waals surface area contributed by atoms with E-state index < -0.39 is 9.84 Å². The lowest BCUT2D eigenvalue weighted by atomic mass is 10.1. The van der Waals surface area contributed by atoms with Crippen LogP contribution in [0.2, 0.25) is 0 Å². The van der Waals surface area contributed by atoms with Gasteiger partial charge in [0.1, 0.15) is 22.3 Å². The van der Waals surface area contributed by atoms with Gasteiger partial charge in [0.25, 0.3) is 0 Å². The van der Waals surface area contributed by atoms with Gasteiger partial charge >= 0.3 is 0 Å². The Morgan fingerprint density at radius 3 is 2.71 bits per heavy atom. The minimum Gasteiger partial charge on any atom is -0.383 e. The minimum atomic E-state index is -2.96. The molecule has 4 rings (SSSR count). The van der Waals surface area contributed by atoms with Gasteiger partial charge in [-0.05, 0) is 32.8 Å². The van der Waals surface area contributed by atoms with E-state index in [1.165, 1.54) is 16.6 Å². The highest BCUT2D eigenvalue weighted by Crippen LogP contribution is 2.38. The van der Waals surface area contributed by atoms with Gasteiger partial charge in [-0.3, -0.25) is 0 Å². The molecule has 0 spiro atoms. The van der Waals surface area contributed by atoms with Crippen molar-refractivity contribution in [2.45, 2.75) is 43.5 Å². The first kappa shape index (κ1) is 19.6. The van der Waals surface area contributed by atoms with Crippen LogP contribution in [0.4, 0.5) is 5.82 Å². The predicted molar refractivity (Wildman–Crippen MR) is 113 cm³/mol. The number of sulfone groups is 1. The van der Waals surface area contributed by atoms with E-state index in [4.69, 9.17) is 10.7 Å². The lowest BCUT2D eigenvalue weighted by molar-refractivity contribution is 0.599. The van der Waals surface area contributed by atoms with E-state index in [1.54, 1.807) is 11.3 Å². The fourth-order valence-electron chi connectivity index (χ4n) is 3.47. The summed E-state index contributed by atoms with van der Waals surface area (Å²) in [6.07, 6.45) is 0.599. The second-order valence-corrected chi connectivity index (χ2v) is 11.9. The fraction of sp³-hybridized carbons (Fsp3) is 0.529. The van der Waals surface area contributed by atoms with Gasteiger partial charge in [0, 0.05) is 17.8 Å². The van der Waals surface area contributed by atoms with Crippen LogP contribution in [-0.2, 0) is 16.9 Å². The Balaban J connectivity index is 1.59. The molecule has 1 fully saturated rings. The number of nitrogen functional groups attached to an aromatic ring is 1. The third-order valence-corrected chi connectivity index (χ3v) is 9.19. The summed E-state index contributed by atoms with van der Waals surface area (Å²) in [4.78, 5) is 11.3. The third-order valence-electron chi connectivity index (χ3n) is 5.19. The number of nitrogens with zero attached hydrogens (tertiary/aromatic N) is 5. The Hall–Kier alpha value is -1.72. The highest BCUT2D eigenvalue weighted by Gasteiger charge is 2.33. The highest BCUT2D eigenvalue weighted by atomic mass is 32.2. The first-order chi connectivity index (χ1) is 13.2. The minimum absolute atomic E-state index is 0.0718. The summed E-state index contributed by atoms with van der Waals surface area (Å²) in [6.45, 7) is 6.10. The number of fused-ring (bicyclic) bond motifs is 1. The summed E-state index contributed by atoms with van der Waals surface area (Å²) in [5, 5.41) is 10.1. The van der Waals surface area contributed by atoms with Crippen LogP contribution in [0.5, 0.6) is 0 Å². The molecule has 2 unspecified atom stereocenters. The second-order valence-electron chi connectivity index (χ2n) is 7.19. The lowest BCUT2D eigenvalue weighted by Gasteiger charge is -2.12. The van der Waals surface area contributed by atoms with Crippen molar-refractivity contribution < 1.29 is 8.42 Å². The summed E-state index contributed by atoms with van der Waals surface area (Å²) >= 11 is 3.12. The predicted octanol–water partition coefficient (Wildman–Crippen LogP) is 2.77. The number of anilines is 1. The molecule has 0 amide bonds. The molecule has 1 saturated heterocycles. The van der Waals surface area contributed by atoms with Gasteiger partial charge in [0.05, 0.1) is 22.1 Å². The number of thioether (sulfide) groups is 1. The van der Waals surface area contributed by atoms with Crippen molar-refractivity contribution in [1.29, 1.82) is 0 Å². The Morgan fingerprint density at radius 2 is 2.04 bits per heavy atom. The van der Waals surface area contributed by atoms with E-state index in [1.807, 2.05) is 25.5 Å². The normalized spacial score (nSPS) is 20.1. The number of hydrogen-bond donors (Lipinski definition) is 1. The van der Waals surface area contributed by atoms with Gasteiger partial charge in [0.2, 0.25) is 0 Å². The largest absolute Gasteiger partial charge is 0.383 e. The Bertz CT molecular complexity index is 1170. The number of aromatic nitrogens is 5. The summed E-state index contributed by atoms with van der Waals surface area (Å²) in [7, 11) is -1.09. The molecule has 11 heteroatoms. The van der Waals surface area contributed by atoms with Crippen LogP contribution >= 0.6 is 23.1 Å². The van der Waals surface area contributed by atoms with Crippen LogP contribution < -0.4 is 5.73 Å². The lowest BCUT2D eigenvalue weighted by Crippen LogP contribution is -2.09. The second kappa shape index (κ2) is 6.96. The van der Waals surface area contributed by atoms with E-state index in [9.17, 15) is 8.42 Å². The van der Waals surface area contributed by atoms with E-state index >= 15 is 0 Å². The summed E-state index contributed by atoms with van der Waals surface area (Å²) in [5.41, 5.74) is 7.33. The van der Waals surface area contributed by atoms with Crippen LogP contribution in [0.1, 0.15) is 46.6 Å². The molecular formula is C17H22N6O2S3. The van der Waals surface area contributed by atoms with Crippen molar-refractivity contribution in [1.82, 2.24) is 24.7 Å². The number of aryl methyl sites for hydroxylation is 2. The smallest absolute Gasteiger partial charge is 0.191 e. The van der Waals surface area contributed by atoms with Gasteiger partial charge in [-0.15, -0.1) is 21.5 Å². The highest BCUT2D eigenvalue weighted by molar-refractivity contribution is 7.99. The number of thiophene rings is 1. The van der Waals surface area contributed by atoms with Crippen molar-refractivity contribution >= 4 is 49.0 Å². The van der Waals surface area contributed by atoms with Gasteiger partial charge in [0.15, 0.2) is 15.0 Å². The van der Waals surface area contributed by atoms with Gasteiger partial charge < -0.3 is 10.3 Å². The van der Waals surface area contributed by atoms with E-state index in [-0.39, 0.29) is 22.7 Å². The van der Waals surface area contributed by atoms with Crippen molar-refractivity contribution in [3.63, 3.8) is 0 Å². The van der Waals surface area contributed by atoms with E-state index in [0.29, 0.717) is 23.2 Å². The Kier molecular flexibility index (Phi) is 4.87. The molecule has 0 bridgehead atoms. The molecule has 28 heavy (non-hydrogen) atoms. The Morgan fingerprint density at radius 1 is 1.29 bits per heavy atom. The molecule has 0 radical (unpaired) electrons. The average Bonchev–Trinajstić information content (AvgIpc) is 3.24. The van der Waals surface area contributed by atoms with Gasteiger partial charge in [-0.2, -0.15) is 0 Å². The molecule has 8 nitrogen and oxygen atoms in total. The van der Waals surface area contributed by atoms with E-state index in [2.05, 4.69) is 22.1 Å². The van der Waals surface area contributed by atoms with E-state index in [0.717, 1.165) is 21.6 Å². The molecule has 2 atom stereocenters. The van der Waals surface area contributed by atoms with Gasteiger partial charge in [-0.25, -0.2) is 18.4 Å².